The summed E-state index contributed by atoms with van der Waals surface area (Å²) in [7, 11) is -0.0804. The van der Waals surface area contributed by atoms with Crippen molar-refractivity contribution in [1.82, 2.24) is 0 Å². The van der Waals surface area contributed by atoms with Gasteiger partial charge in [-0.1, -0.05) is 20.8 Å². The Labute approximate surface area is 208 Å². The Morgan fingerprint density at radius 2 is 1.74 bits per heavy atom. The highest BCUT2D eigenvalue weighted by molar-refractivity contribution is 8.17. The van der Waals surface area contributed by atoms with E-state index in [2.05, 4.69) is 40.9 Å². The van der Waals surface area contributed by atoms with Crippen molar-refractivity contribution in [2.24, 2.45) is 52.8 Å². The average molecular weight is 489 g/mol. The fourth-order valence-electron chi connectivity index (χ4n) is 10.3. The van der Waals surface area contributed by atoms with Gasteiger partial charge in [-0.3, -0.25) is 4.79 Å². The summed E-state index contributed by atoms with van der Waals surface area (Å²) >= 11 is 0. The van der Waals surface area contributed by atoms with Crippen LogP contribution in [0.4, 0.5) is 0 Å². The molecule has 0 aromatic heterocycles. The van der Waals surface area contributed by atoms with Gasteiger partial charge in [0.2, 0.25) is 0 Å². The predicted molar refractivity (Wildman–Crippen MR) is 137 cm³/mol. The summed E-state index contributed by atoms with van der Waals surface area (Å²) in [5.74, 6) is 5.64. The van der Waals surface area contributed by atoms with Crippen molar-refractivity contribution in [2.75, 3.05) is 12.9 Å². The van der Waals surface area contributed by atoms with Crippen LogP contribution in [0.5, 0.6) is 0 Å². The standard InChI is InChI=1S/C29H44O4S/c1-16(2)12-29(28(5)13-20(14-28)34(29)6)26(31)32-15-23(30)33-27(3,4)22-11-19-10-21(22)25-18-8-7-17(9-18)24(19)25/h16-19,21-22,24-25H,7-15H2,1-6H3. The highest BCUT2D eigenvalue weighted by Gasteiger charge is 2.67. The van der Waals surface area contributed by atoms with Crippen LogP contribution in [-0.2, 0) is 19.1 Å². The molecule has 0 spiro atoms. The summed E-state index contributed by atoms with van der Waals surface area (Å²) in [6, 6.07) is 0. The van der Waals surface area contributed by atoms with Crippen LogP contribution >= 0.6 is 10.5 Å². The predicted octanol–water partition coefficient (Wildman–Crippen LogP) is 5.84. The van der Waals surface area contributed by atoms with Crippen molar-refractivity contribution < 1.29 is 19.1 Å². The Hall–Kier alpha value is -0.840. The number of carbonyl (C=O) groups excluding carboxylic acids is 2. The highest BCUT2D eigenvalue weighted by Crippen LogP contribution is 2.70. The Balaban J connectivity index is 1.10. The number of hydrogen-bond donors (Lipinski definition) is 0. The van der Waals surface area contributed by atoms with Crippen molar-refractivity contribution in [1.29, 1.82) is 0 Å². The van der Waals surface area contributed by atoms with E-state index in [0.29, 0.717) is 17.8 Å². The van der Waals surface area contributed by atoms with E-state index in [4.69, 9.17) is 9.47 Å². The van der Waals surface area contributed by atoms with Crippen molar-refractivity contribution in [3.05, 3.63) is 0 Å². The molecule has 0 N–H and O–H groups in total. The third-order valence-electron chi connectivity index (χ3n) is 11.5. The van der Waals surface area contributed by atoms with Gasteiger partial charge in [-0.2, -0.15) is 10.5 Å². The normalized spacial score (nSPS) is 47.8. The summed E-state index contributed by atoms with van der Waals surface area (Å²) in [5.41, 5.74) is -0.498. The average Bonchev–Trinajstić information content (AvgIpc) is 3.54. The Morgan fingerprint density at radius 1 is 1.06 bits per heavy atom. The van der Waals surface area contributed by atoms with E-state index in [9.17, 15) is 9.59 Å². The van der Waals surface area contributed by atoms with E-state index in [1.54, 1.807) is 0 Å². The van der Waals surface area contributed by atoms with E-state index < -0.39 is 10.3 Å². The molecule has 2 aliphatic heterocycles. The smallest absolute Gasteiger partial charge is 0.344 e. The van der Waals surface area contributed by atoms with Gasteiger partial charge in [-0.15, -0.1) is 0 Å². The van der Waals surface area contributed by atoms with Gasteiger partial charge in [-0.25, -0.2) is 4.79 Å². The van der Waals surface area contributed by atoms with Crippen LogP contribution in [-0.4, -0.2) is 40.0 Å². The van der Waals surface area contributed by atoms with E-state index in [1.165, 1.54) is 37.0 Å². The van der Waals surface area contributed by atoms with Crippen molar-refractivity contribution >= 4 is 27.3 Å². The molecule has 7 rings (SSSR count). The minimum atomic E-state index is -0.489. The van der Waals surface area contributed by atoms with Crippen LogP contribution in [0.2, 0.25) is 0 Å². The summed E-state index contributed by atoms with van der Waals surface area (Å²) in [6.07, 6.45) is 12.0. The third kappa shape index (κ3) is 3.07. The van der Waals surface area contributed by atoms with Gasteiger partial charge in [0, 0.05) is 11.3 Å². The number of fused-ring (bicyclic) bond motifs is 10. The van der Waals surface area contributed by atoms with E-state index in [0.717, 1.165) is 48.9 Å². The van der Waals surface area contributed by atoms with Crippen LogP contribution in [0, 0.1) is 52.8 Å². The minimum absolute atomic E-state index is 0.00892. The molecule has 6 bridgehead atoms. The first-order valence-electron chi connectivity index (χ1n) is 13.9. The molecule has 0 radical (unpaired) electrons. The van der Waals surface area contributed by atoms with Crippen LogP contribution < -0.4 is 0 Å². The molecule has 190 valence electrons. The third-order valence-corrected chi connectivity index (χ3v) is 14.5. The minimum Gasteiger partial charge on any atom is -0.457 e. The first-order valence-corrected chi connectivity index (χ1v) is 15.5. The second-order valence-corrected chi connectivity index (χ2v) is 16.3. The summed E-state index contributed by atoms with van der Waals surface area (Å²) in [6.45, 7) is 10.6. The van der Waals surface area contributed by atoms with Crippen LogP contribution in [0.15, 0.2) is 0 Å². The lowest BCUT2D eigenvalue weighted by Crippen LogP contribution is -2.52. The lowest BCUT2D eigenvalue weighted by Gasteiger charge is -2.45. The maximum Gasteiger partial charge on any atom is 0.344 e. The van der Waals surface area contributed by atoms with Gasteiger partial charge in [-0.05, 0) is 118 Å². The molecule has 5 heteroatoms. The SMILES string of the molecule is CC(C)CC1(C(=O)OCC(=O)OC(C)(C)C2CC3CC2C2C4CCC(C4)C32)S(C)=C2CC1(C)C2. The molecule has 2 heterocycles. The maximum absolute atomic E-state index is 13.5. The van der Waals surface area contributed by atoms with Gasteiger partial charge in [0.05, 0.1) is 0 Å². The van der Waals surface area contributed by atoms with Crippen molar-refractivity contribution in [3.63, 3.8) is 0 Å². The molecule has 4 nitrogen and oxygen atoms in total. The highest BCUT2D eigenvalue weighted by atomic mass is 32.2. The van der Waals surface area contributed by atoms with E-state index in [-0.39, 0.29) is 34.4 Å². The van der Waals surface area contributed by atoms with Gasteiger partial charge in [0.25, 0.3) is 0 Å². The van der Waals surface area contributed by atoms with Gasteiger partial charge in [0.1, 0.15) is 10.3 Å². The zero-order valence-corrected chi connectivity index (χ0v) is 22.8. The second-order valence-electron chi connectivity index (χ2n) is 14.0. The molecule has 0 amide bonds. The number of carbonyl (C=O) groups is 2. The number of hydrogen-bond acceptors (Lipinski definition) is 4. The molecule has 5 fully saturated rings. The summed E-state index contributed by atoms with van der Waals surface area (Å²) in [4.78, 5) is 28.0. The zero-order valence-electron chi connectivity index (χ0n) is 22.0. The molecule has 5 saturated carbocycles. The van der Waals surface area contributed by atoms with Crippen LogP contribution in [0.3, 0.4) is 0 Å². The number of esters is 2. The largest absolute Gasteiger partial charge is 0.457 e. The van der Waals surface area contributed by atoms with E-state index >= 15 is 0 Å². The molecular weight excluding hydrogens is 444 g/mol. The monoisotopic (exact) mass is 488 g/mol. The summed E-state index contributed by atoms with van der Waals surface area (Å²) < 4.78 is 11.4. The van der Waals surface area contributed by atoms with Crippen LogP contribution in [0.1, 0.15) is 86.0 Å². The fourth-order valence-corrected chi connectivity index (χ4v) is 13.7. The van der Waals surface area contributed by atoms with Gasteiger partial charge in [0.15, 0.2) is 6.61 Å². The quantitative estimate of drug-likeness (QED) is 0.257. The molecule has 0 aromatic carbocycles. The fraction of sp³-hybridized carbons (Fsp3) is 0.897. The Bertz CT molecular complexity index is 942. The second kappa shape index (κ2) is 7.59. The first-order chi connectivity index (χ1) is 16.0. The van der Waals surface area contributed by atoms with Gasteiger partial charge < -0.3 is 9.47 Å². The molecule has 0 aromatic rings. The molecule has 5 aliphatic carbocycles. The number of rotatable bonds is 7. The van der Waals surface area contributed by atoms with Crippen LogP contribution in [0.25, 0.3) is 0 Å². The van der Waals surface area contributed by atoms with Crippen molar-refractivity contribution in [2.45, 2.75) is 96.3 Å². The Morgan fingerprint density at radius 3 is 2.35 bits per heavy atom. The van der Waals surface area contributed by atoms with E-state index in [1.807, 2.05) is 0 Å². The topological polar surface area (TPSA) is 52.6 Å². The molecular formula is C29H44O4S. The molecule has 0 saturated heterocycles. The molecule has 7 aliphatic rings. The Kier molecular flexibility index (Phi) is 5.25. The lowest BCUT2D eigenvalue weighted by atomic mass is 9.60. The van der Waals surface area contributed by atoms with Gasteiger partial charge >= 0.3 is 11.9 Å². The molecule has 9 atom stereocenters. The molecule has 34 heavy (non-hydrogen) atoms. The molecule has 9 unspecified atom stereocenters. The zero-order chi connectivity index (χ0) is 24.2. The van der Waals surface area contributed by atoms with Crippen molar-refractivity contribution in [3.8, 4) is 0 Å². The summed E-state index contributed by atoms with van der Waals surface area (Å²) in [5, 5.41) is 0. The first kappa shape index (κ1) is 23.6. The number of ether oxygens (including phenoxy) is 2. The lowest BCUT2D eigenvalue weighted by molar-refractivity contribution is -0.176. The maximum atomic E-state index is 13.5.